The summed E-state index contributed by atoms with van der Waals surface area (Å²) in [6.45, 7) is 3.70. The molecule has 20 heteroatoms. The minimum absolute atomic E-state index is 0.0382. The van der Waals surface area contributed by atoms with Crippen molar-refractivity contribution in [1.82, 2.24) is 30.3 Å². The lowest BCUT2D eigenvalue weighted by atomic mass is 10.1. The molecule has 6 rings (SSSR count). The zero-order valence-electron chi connectivity index (χ0n) is 39.3. The summed E-state index contributed by atoms with van der Waals surface area (Å²) in [5.74, 6) is -0.286. The smallest absolute Gasteiger partial charge is 0.471 e. The van der Waals surface area contributed by atoms with Gasteiger partial charge in [0, 0.05) is 91.1 Å². The van der Waals surface area contributed by atoms with Gasteiger partial charge in [-0.05, 0) is 87.8 Å². The molecular weight excluding hydrogens is 980 g/mol. The summed E-state index contributed by atoms with van der Waals surface area (Å²) in [5.41, 5.74) is 5.72. The normalized spacial score (nSPS) is 11.2. The number of anilines is 3. The molecule has 0 aliphatic carbocycles. The third kappa shape index (κ3) is 19.9. The van der Waals surface area contributed by atoms with Crippen molar-refractivity contribution < 1.29 is 40.7 Å². The Labute approximate surface area is 410 Å². The summed E-state index contributed by atoms with van der Waals surface area (Å²) >= 11 is 3.13. The van der Waals surface area contributed by atoms with E-state index in [4.69, 9.17) is 9.47 Å². The van der Waals surface area contributed by atoms with Gasteiger partial charge in [-0.1, -0.05) is 64.8 Å². The number of nitrogens with zero attached hydrogens (tertiary/aromatic N) is 3. The number of benzene rings is 3. The van der Waals surface area contributed by atoms with Gasteiger partial charge in [0.05, 0.1) is 31.3 Å². The topological polar surface area (TPSA) is 198 Å². The van der Waals surface area contributed by atoms with E-state index in [1.54, 1.807) is 32.8 Å². The molecule has 0 aliphatic heterocycles. The van der Waals surface area contributed by atoms with Crippen molar-refractivity contribution in [2.24, 2.45) is 0 Å². The number of nitrogens with one attached hydrogen (secondary N) is 6. The fourth-order valence-electron chi connectivity index (χ4n) is 6.97. The van der Waals surface area contributed by atoms with E-state index in [1.165, 1.54) is 6.26 Å². The number of amides is 2. The number of methoxy groups -OCH3 is 2. The van der Waals surface area contributed by atoms with Crippen LogP contribution < -0.4 is 40.8 Å². The lowest BCUT2D eigenvalue weighted by molar-refractivity contribution is -0.173. The Bertz CT molecular complexity index is 2620. The zero-order chi connectivity index (χ0) is 49.9. The Morgan fingerprint density at radius 3 is 1.48 bits per heavy atom. The van der Waals surface area contributed by atoms with E-state index in [0.29, 0.717) is 24.8 Å². The van der Waals surface area contributed by atoms with Crippen molar-refractivity contribution in [3.05, 3.63) is 97.5 Å². The summed E-state index contributed by atoms with van der Waals surface area (Å²) in [5, 5.41) is 18.4. The molecule has 0 saturated carbocycles. The molecule has 6 aromatic rings. The number of fused-ring (bicyclic) bond motifs is 3. The van der Waals surface area contributed by atoms with E-state index in [9.17, 15) is 31.2 Å². The van der Waals surface area contributed by atoms with Crippen LogP contribution in [0.5, 0.6) is 11.5 Å². The number of aromatic nitrogens is 3. The van der Waals surface area contributed by atoms with Gasteiger partial charge in [0.1, 0.15) is 22.5 Å². The zero-order valence-corrected chi connectivity index (χ0v) is 41.7. The van der Waals surface area contributed by atoms with E-state index in [1.807, 2.05) is 84.2 Å². The molecule has 6 N–H and O–H groups in total. The van der Waals surface area contributed by atoms with Crippen molar-refractivity contribution in [2.45, 2.75) is 64.0 Å². The van der Waals surface area contributed by atoms with Gasteiger partial charge in [0.15, 0.2) is 0 Å². The van der Waals surface area contributed by atoms with Gasteiger partial charge in [-0.25, -0.2) is 13.1 Å². The average Bonchev–Trinajstić information content (AvgIpc) is 3.34. The van der Waals surface area contributed by atoms with Crippen LogP contribution >= 0.6 is 15.9 Å². The van der Waals surface area contributed by atoms with Crippen LogP contribution in [0.25, 0.3) is 32.7 Å². The first-order valence-corrected chi connectivity index (χ1v) is 25.8. The lowest BCUT2D eigenvalue weighted by Crippen LogP contribution is -2.37. The predicted molar refractivity (Wildman–Crippen MR) is 274 cm³/mol. The second kappa shape index (κ2) is 29.8. The molecule has 374 valence electrons. The highest BCUT2D eigenvalue weighted by molar-refractivity contribution is 9.09. The van der Waals surface area contributed by atoms with Crippen LogP contribution in [0.1, 0.15) is 57.8 Å². The second-order valence-corrected chi connectivity index (χ2v) is 18.1. The SMILES string of the molecule is COc1cccc2c(NCCCCCNC(=O)CBr)ccnc12.COc1cccc2c(NCCCCCNS(C)(=O)=O)ccnc12.O=C(NCCCCCNc1ccnc2ccccc12)C(F)(F)F. The molecule has 0 fully saturated rings. The first-order valence-electron chi connectivity index (χ1n) is 22.8. The Hall–Kier alpha value is -5.99. The van der Waals surface area contributed by atoms with E-state index in [0.717, 1.165) is 132 Å². The molecule has 69 heavy (non-hydrogen) atoms. The molecule has 0 radical (unpaired) electrons. The highest BCUT2D eigenvalue weighted by Crippen LogP contribution is 2.30. The van der Waals surface area contributed by atoms with Crippen molar-refractivity contribution in [3.8, 4) is 11.5 Å². The summed E-state index contributed by atoms with van der Waals surface area (Å²) in [6.07, 6.45) is 9.60. The number of ether oxygens (including phenoxy) is 2. The molecule has 3 aromatic heterocycles. The fourth-order valence-corrected chi connectivity index (χ4v) is 7.68. The number of carbonyl (C=O) groups excluding carboxylic acids is 2. The predicted octanol–water partition coefficient (Wildman–Crippen LogP) is 9.21. The molecule has 15 nitrogen and oxygen atoms in total. The van der Waals surface area contributed by atoms with Gasteiger partial charge in [0.25, 0.3) is 0 Å². The maximum atomic E-state index is 12.0. The van der Waals surface area contributed by atoms with Crippen LogP contribution in [0.4, 0.5) is 30.2 Å². The molecule has 0 unspecified atom stereocenters. The molecule has 0 aliphatic rings. The minimum Gasteiger partial charge on any atom is -0.494 e. The fraction of sp³-hybridized carbons (Fsp3) is 0.408. The maximum Gasteiger partial charge on any atom is 0.471 e. The molecule has 3 heterocycles. The number of carbonyl (C=O) groups is 2. The van der Waals surface area contributed by atoms with Gasteiger partial charge in [-0.15, -0.1) is 0 Å². The van der Waals surface area contributed by atoms with Gasteiger partial charge >= 0.3 is 12.1 Å². The standard InChI is InChI=1S/C17H22BrN3O2.C16H18F3N3O.C16H23N3O3S/c1-23-15-7-5-6-13-14(8-11-21-17(13)15)19-9-3-2-4-10-20-16(22)12-18;17-16(18,19)15(23)22-10-5-1-4-9-20-14-8-11-21-13-7-3-2-6-12(13)14;1-22-15-8-6-7-13-14(9-12-18-16(13)15)17-10-4-3-5-11-19-23(2,20)21/h5-8,11H,2-4,9-10,12H2,1H3,(H,19,21)(H,20,22);2-3,6-8,11H,1,4-5,9-10H2,(H,20,21)(H,22,23);6-9,12,19H,3-5,10-11H2,1-2H3,(H,17,18). The summed E-state index contributed by atoms with van der Waals surface area (Å²) < 4.78 is 71.0. The van der Waals surface area contributed by atoms with Crippen LogP contribution in [0.2, 0.25) is 0 Å². The molecule has 0 saturated heterocycles. The Kier molecular flexibility index (Phi) is 24.0. The van der Waals surface area contributed by atoms with Crippen LogP contribution in [0.3, 0.4) is 0 Å². The van der Waals surface area contributed by atoms with Crippen LogP contribution in [0.15, 0.2) is 97.5 Å². The number of pyridine rings is 3. The van der Waals surface area contributed by atoms with Gasteiger partial charge < -0.3 is 36.1 Å². The Morgan fingerprint density at radius 2 is 1.00 bits per heavy atom. The van der Waals surface area contributed by atoms with E-state index in [2.05, 4.69) is 56.9 Å². The van der Waals surface area contributed by atoms with Crippen LogP contribution in [0, 0.1) is 0 Å². The summed E-state index contributed by atoms with van der Waals surface area (Å²) in [4.78, 5) is 34.7. The number of unbranched alkanes of at least 4 members (excludes halogenated alkanes) is 6. The third-order valence-corrected chi connectivity index (χ3v) is 11.7. The first-order chi connectivity index (χ1) is 33.2. The monoisotopic (exact) mass is 1040 g/mol. The highest BCUT2D eigenvalue weighted by atomic mass is 79.9. The van der Waals surface area contributed by atoms with E-state index >= 15 is 0 Å². The molecule has 0 spiro atoms. The number of para-hydroxylation sites is 3. The number of hydrogen-bond acceptors (Lipinski definition) is 12. The number of hydrogen-bond donors (Lipinski definition) is 6. The molecular formula is C49H63BrF3N9O6S. The minimum atomic E-state index is -4.80. The highest BCUT2D eigenvalue weighted by Gasteiger charge is 2.38. The maximum absolute atomic E-state index is 12.0. The van der Waals surface area contributed by atoms with Gasteiger partial charge in [-0.2, -0.15) is 13.2 Å². The molecule has 0 atom stereocenters. The van der Waals surface area contributed by atoms with Crippen LogP contribution in [-0.4, -0.2) is 106 Å². The largest absolute Gasteiger partial charge is 0.494 e. The van der Waals surface area contributed by atoms with Crippen molar-refractivity contribution in [1.29, 1.82) is 0 Å². The Balaban J connectivity index is 0.000000225. The Morgan fingerprint density at radius 1 is 0.565 bits per heavy atom. The third-order valence-electron chi connectivity index (χ3n) is 10.4. The number of rotatable bonds is 25. The molecule has 3 aromatic carbocycles. The molecule has 2 amide bonds. The van der Waals surface area contributed by atoms with Gasteiger partial charge in [-0.3, -0.25) is 24.5 Å². The number of sulfonamides is 1. The van der Waals surface area contributed by atoms with Crippen molar-refractivity contribution in [2.75, 3.05) is 81.0 Å². The summed E-state index contributed by atoms with van der Waals surface area (Å²) in [6, 6.07) is 25.4. The number of halogens is 4. The van der Waals surface area contributed by atoms with Crippen molar-refractivity contribution in [3.63, 3.8) is 0 Å². The van der Waals surface area contributed by atoms with Crippen LogP contribution in [-0.2, 0) is 19.6 Å². The van der Waals surface area contributed by atoms with E-state index in [-0.39, 0.29) is 12.5 Å². The number of alkyl halides is 4. The summed E-state index contributed by atoms with van der Waals surface area (Å²) in [7, 11) is 0.222. The lowest BCUT2D eigenvalue weighted by Gasteiger charge is -2.11. The van der Waals surface area contributed by atoms with Gasteiger partial charge in [0.2, 0.25) is 15.9 Å². The van der Waals surface area contributed by atoms with E-state index < -0.39 is 22.1 Å². The average molecular weight is 1040 g/mol. The molecule has 0 bridgehead atoms. The van der Waals surface area contributed by atoms with Crippen molar-refractivity contribution >= 4 is 87.5 Å². The second-order valence-electron chi connectivity index (χ2n) is 15.7. The first kappa shape index (κ1) is 55.6. The quantitative estimate of drug-likeness (QED) is 0.0235.